The normalized spacial score (nSPS) is 33.4. The summed E-state index contributed by atoms with van der Waals surface area (Å²) in [5.74, 6) is -14.5. The summed E-state index contributed by atoms with van der Waals surface area (Å²) in [7, 11) is -24.1. The van der Waals surface area contributed by atoms with Gasteiger partial charge < -0.3 is 8.67 Å². The molecule has 0 aliphatic heterocycles. The predicted octanol–water partition coefficient (Wildman–Crippen LogP) is 10.4. The van der Waals surface area contributed by atoms with Crippen LogP contribution in [0.3, 0.4) is 0 Å². The number of alkyl halides is 3. The van der Waals surface area contributed by atoms with Crippen molar-refractivity contribution in [2.24, 2.45) is 0 Å². The predicted molar refractivity (Wildman–Crippen MR) is 163 cm³/mol. The lowest BCUT2D eigenvalue weighted by Crippen LogP contribution is -2.44. The lowest BCUT2D eigenvalue weighted by Gasteiger charge is -2.36. The molecule has 0 aliphatic carbocycles. The molecule has 4 nitrogen and oxygen atoms in total. The molecule has 0 amide bonds. The Labute approximate surface area is 286 Å². The van der Waals surface area contributed by atoms with Gasteiger partial charge in [-0.2, -0.15) is 32.7 Å². The molecule has 0 atom stereocenters. The van der Waals surface area contributed by atoms with Gasteiger partial charge in [0.2, 0.25) is 8.32 Å². The summed E-state index contributed by atoms with van der Waals surface area (Å²) in [6.07, 6.45) is 0. The van der Waals surface area contributed by atoms with Gasteiger partial charge in [-0.05, 0) is 51.2 Å². The van der Waals surface area contributed by atoms with Gasteiger partial charge in [0.25, 0.3) is 0 Å². The van der Waals surface area contributed by atoms with Crippen molar-refractivity contribution in [2.45, 2.75) is 160 Å². The number of rotatable bonds is 11. The molecule has 0 heterocycles. The van der Waals surface area contributed by atoms with Crippen molar-refractivity contribution in [1.29, 1.82) is 0 Å². The number of hydrogen-bond acceptors (Lipinski definition) is 4. The van der Waals surface area contributed by atoms with Crippen LogP contribution in [0, 0.1) is 0 Å². The Kier molecular flexibility index (Phi) is 4.58. The molecule has 0 radical (unpaired) electrons. The Morgan fingerprint density at radius 3 is 1.30 bits per heavy atom. The molecule has 1 N–H and O–H groups in total. The first-order valence-electron chi connectivity index (χ1n) is 28.0. The molecule has 0 aromatic heterocycles. The van der Waals surface area contributed by atoms with E-state index in [0.29, 0.717) is 16.6 Å². The molecule has 12 heteroatoms. The first-order chi connectivity index (χ1) is 30.5. The molecule has 0 aromatic carbocycles. The molecule has 0 unspecified atom stereocenters. The largest absolute Gasteiger partial charge is 0.522 e. The molecule has 0 fully saturated rings. The van der Waals surface area contributed by atoms with E-state index in [1.54, 1.807) is 0 Å². The zero-order chi connectivity index (χ0) is 61.4. The van der Waals surface area contributed by atoms with E-state index >= 15 is 0 Å². The molecule has 0 bridgehead atoms. The topological polar surface area (TPSA) is 63.6 Å². The SMILES string of the molecule is CC(C)[Si](O)(C(C)C)C(C)C.[2H]C([2H])([2H])C([2H])(C([2H])([2H])[2H])[Si](Cl)(C([2H])(C([2H])([2H])[2H])C([2H])([2H])[2H])C([2H])(C([2H])([2H])[2H])C([2H])([2H])[2H].[2H]C([2H])([2H])C([2H])([2H])[Si](OS(=O)(=O)C(F)(F)F)(C([2H])([2H])C([2H])([2H])[2H])C([2H])([2H])C([2H])([2H])[2H]. The third-order valence-corrected chi connectivity index (χ3v) is 17.7. The second-order valence-electron chi connectivity index (χ2n) is 8.17. The first-order valence-corrected chi connectivity index (χ1v) is 18.5. The Bertz CT molecular complexity index is 1740. The van der Waals surface area contributed by atoms with Crippen molar-refractivity contribution in [3.05, 3.63) is 0 Å². The van der Waals surface area contributed by atoms with Crippen LogP contribution in [-0.4, -0.2) is 42.7 Å². The maximum Gasteiger partial charge on any atom is 0.522 e. The van der Waals surface area contributed by atoms with E-state index in [9.17, 15) is 26.4 Å². The van der Waals surface area contributed by atoms with Crippen LogP contribution in [0.1, 0.15) is 153 Å². The summed E-state index contributed by atoms with van der Waals surface area (Å²) in [6.45, 7) is -26.5. The van der Waals surface area contributed by atoms with Crippen LogP contribution in [0.25, 0.3) is 0 Å². The average molecular weight is 668 g/mol. The smallest absolute Gasteiger partial charge is 0.431 e. The summed E-state index contributed by atoms with van der Waals surface area (Å²) in [5, 5.41) is 0. The summed E-state index contributed by atoms with van der Waals surface area (Å²) >= 11 is 6.19. The first kappa shape index (κ1) is 10.1. The van der Waals surface area contributed by atoms with E-state index in [-0.39, 0.29) is 0 Å². The van der Waals surface area contributed by atoms with Crippen LogP contribution in [0.5, 0.6) is 0 Å². The van der Waals surface area contributed by atoms with Crippen molar-refractivity contribution in [3.8, 4) is 0 Å². The van der Waals surface area contributed by atoms with Gasteiger partial charge >= 0.3 is 15.6 Å². The number of halogens is 4. The quantitative estimate of drug-likeness (QED) is 0.135. The Balaban J connectivity index is -0.00000111. The van der Waals surface area contributed by atoms with Crippen molar-refractivity contribution < 1.29 is 79.6 Å². The third-order valence-electron chi connectivity index (χ3n) is 4.85. The molecule has 0 saturated carbocycles. The molecule has 0 spiro atoms. The molecule has 0 aliphatic rings. The van der Waals surface area contributed by atoms with Gasteiger partial charge in [0.15, 0.2) is 15.7 Å². The summed E-state index contributed by atoms with van der Waals surface area (Å²) in [6, 6.07) is 0. The fourth-order valence-electron chi connectivity index (χ4n) is 2.74. The van der Waals surface area contributed by atoms with Gasteiger partial charge in [-0.25, -0.2) is 0 Å². The van der Waals surface area contributed by atoms with E-state index in [1.807, 2.05) is 0 Å². The highest BCUT2D eigenvalue weighted by molar-refractivity contribution is 7.88. The molecule has 37 heavy (non-hydrogen) atoms. The molecule has 0 rings (SSSR count). The van der Waals surface area contributed by atoms with Crippen LogP contribution < -0.4 is 0 Å². The molecule has 228 valence electrons. The van der Waals surface area contributed by atoms with E-state index in [2.05, 4.69) is 45.4 Å². The lowest BCUT2D eigenvalue weighted by atomic mass is 10.5. The van der Waals surface area contributed by atoms with Gasteiger partial charge in [-0.3, -0.25) is 0 Å². The third kappa shape index (κ3) is 11.9. The highest BCUT2D eigenvalue weighted by Crippen LogP contribution is 2.44. The Hall–Kier alpha value is 0.601. The molecular formula is C25H58ClF3O4SSi3. The molecular weight excluding hydrogens is 573 g/mol. The Morgan fingerprint density at radius 2 is 1.14 bits per heavy atom. The van der Waals surface area contributed by atoms with Gasteiger partial charge in [0.05, 0.1) is 0 Å². The minimum absolute atomic E-state index is 0.475. The molecule has 0 aromatic rings. The highest BCUT2D eigenvalue weighted by atomic mass is 35.6. The minimum atomic E-state index is -7.63. The standard InChI is InChI=1S/C9H21ClSi.C9H22OSi.C7H15F3O3SSi/c2*1-7(2)11(10,8(3)4)9(5)6;1-4-15(5-2,6-3)13-14(11,12)7(8,9)10/h7-9H,1-6H3;7-10H,1-6H3;4-6H2,1-3H3/i1D3,2D3,3D3,4D3,5D3,6D3,7D,8D,9D;;1D3,2D3,3D3,4D2,5D2,6D2. The van der Waals surface area contributed by atoms with Crippen LogP contribution in [0.15, 0.2) is 0 Å². The maximum atomic E-state index is 12.9. The lowest BCUT2D eigenvalue weighted by molar-refractivity contribution is -0.0504. The van der Waals surface area contributed by atoms with Crippen LogP contribution in [0.4, 0.5) is 13.2 Å². The fourth-order valence-corrected chi connectivity index (χ4v) is 9.88. The zero-order valence-corrected chi connectivity index (χ0v) is 25.4. The van der Waals surface area contributed by atoms with Crippen LogP contribution in [0.2, 0.25) is 51.2 Å². The maximum absolute atomic E-state index is 12.9. The van der Waals surface area contributed by atoms with Crippen LogP contribution in [-0.2, 0) is 14.0 Å². The van der Waals surface area contributed by atoms with Gasteiger partial charge in [0.1, 0.15) is 0 Å². The summed E-state index contributed by atoms with van der Waals surface area (Å²) in [4.78, 5) is 10.4. The second kappa shape index (κ2) is 16.8. The second-order valence-corrected chi connectivity index (χ2v) is 22.1. The van der Waals surface area contributed by atoms with Gasteiger partial charge in [-0.1, -0.05) is 103 Å². The monoisotopic (exact) mass is 667 g/mol. The number of hydrogen-bond donors (Lipinski definition) is 1. The molecule has 0 saturated heterocycles. The van der Waals surface area contributed by atoms with Crippen molar-refractivity contribution in [2.75, 3.05) is 0 Å². The zero-order valence-electron chi connectivity index (χ0n) is 56.8. The Morgan fingerprint density at radius 1 is 0.838 bits per heavy atom. The van der Waals surface area contributed by atoms with E-state index in [1.165, 1.54) is 0 Å². The summed E-state index contributed by atoms with van der Waals surface area (Å²) < 4.78 is 338. The average Bonchev–Trinajstić information content (AvgIpc) is 3.06. The van der Waals surface area contributed by atoms with Crippen molar-refractivity contribution in [3.63, 3.8) is 0 Å². The van der Waals surface area contributed by atoms with E-state index in [4.69, 9.17) is 60.4 Å². The highest BCUT2D eigenvalue weighted by Gasteiger charge is 2.51. The van der Waals surface area contributed by atoms with Crippen molar-refractivity contribution in [1.82, 2.24) is 0 Å². The van der Waals surface area contributed by atoms with E-state index in [0.717, 1.165) is 0 Å². The van der Waals surface area contributed by atoms with E-state index < -0.39 is 136 Å². The van der Waals surface area contributed by atoms with Crippen LogP contribution >= 0.6 is 11.1 Å². The minimum Gasteiger partial charge on any atom is -0.431 e. The fraction of sp³-hybridized carbons (Fsp3) is 1.00. The van der Waals surface area contributed by atoms with Gasteiger partial charge in [0, 0.05) is 49.3 Å². The van der Waals surface area contributed by atoms with Gasteiger partial charge in [-0.15, -0.1) is 0 Å². The summed E-state index contributed by atoms with van der Waals surface area (Å²) in [5.41, 5.74) is -19.0. The van der Waals surface area contributed by atoms with Crippen molar-refractivity contribution >= 4 is 45.2 Å².